The fraction of sp³-hybridized carbons (Fsp3) is 0.316. The number of ether oxygens (including phenoxy) is 1. The van der Waals surface area contributed by atoms with Crippen molar-refractivity contribution >= 4 is 27.5 Å². The Morgan fingerprint density at radius 1 is 1.26 bits per heavy atom. The number of carbonyl (C=O) groups excluding carboxylic acids is 1. The van der Waals surface area contributed by atoms with E-state index in [4.69, 9.17) is 4.74 Å². The molecule has 1 aromatic carbocycles. The number of carboxylic acid groups (broad SMARTS) is 1. The Bertz CT molecular complexity index is 1170. The number of para-hydroxylation sites is 1. The van der Waals surface area contributed by atoms with Gasteiger partial charge in [0, 0.05) is 11.3 Å². The summed E-state index contributed by atoms with van der Waals surface area (Å²) in [7, 11) is 0. The van der Waals surface area contributed by atoms with Crippen LogP contribution in [0, 0.1) is 0 Å². The largest absolute Gasteiger partial charge is 0.548 e. The van der Waals surface area contributed by atoms with E-state index >= 15 is 0 Å². The molecule has 0 unspecified atom stereocenters. The van der Waals surface area contributed by atoms with Gasteiger partial charge in [-0.2, -0.15) is 0 Å². The van der Waals surface area contributed by atoms with Crippen LogP contribution in [0.2, 0.25) is 0 Å². The molecule has 0 aliphatic carbocycles. The lowest BCUT2D eigenvalue weighted by molar-refractivity contribution is -0.306. The molecule has 8 heteroatoms. The van der Waals surface area contributed by atoms with E-state index in [9.17, 15) is 19.5 Å². The maximum absolute atomic E-state index is 13.3. The maximum atomic E-state index is 13.3. The second-order valence-electron chi connectivity index (χ2n) is 7.13. The first-order valence-electron chi connectivity index (χ1n) is 8.48. The molecule has 3 heterocycles. The highest BCUT2D eigenvalue weighted by Gasteiger charge is 2.32. The van der Waals surface area contributed by atoms with E-state index in [1.807, 2.05) is 13.8 Å². The van der Waals surface area contributed by atoms with E-state index in [0.29, 0.717) is 28.9 Å². The number of fused-ring (bicyclic) bond motifs is 3. The molecule has 0 radical (unpaired) electrons. The van der Waals surface area contributed by atoms with Crippen LogP contribution in [0.1, 0.15) is 24.3 Å². The van der Waals surface area contributed by atoms with E-state index in [1.54, 1.807) is 30.3 Å². The van der Waals surface area contributed by atoms with Crippen LogP contribution in [-0.4, -0.2) is 20.7 Å². The second-order valence-corrected chi connectivity index (χ2v) is 8.21. The first-order chi connectivity index (χ1) is 12.8. The molecule has 0 fully saturated rings. The molecule has 7 nitrogen and oxygen atoms in total. The van der Waals surface area contributed by atoms with Crippen molar-refractivity contribution in [3.63, 3.8) is 0 Å². The average Bonchev–Trinajstić information content (AvgIpc) is 2.97. The van der Waals surface area contributed by atoms with Gasteiger partial charge >= 0.3 is 5.69 Å². The predicted octanol–water partition coefficient (Wildman–Crippen LogP) is 0.815. The number of carboxylic acids is 1. The van der Waals surface area contributed by atoms with Crippen LogP contribution in [-0.2, 0) is 29.1 Å². The van der Waals surface area contributed by atoms with Crippen molar-refractivity contribution in [1.82, 2.24) is 9.13 Å². The summed E-state index contributed by atoms with van der Waals surface area (Å²) in [5, 5.41) is 11.7. The van der Waals surface area contributed by atoms with Crippen LogP contribution < -0.4 is 16.4 Å². The van der Waals surface area contributed by atoms with Crippen LogP contribution in [0.25, 0.3) is 15.9 Å². The number of aromatic nitrogens is 2. The Morgan fingerprint density at radius 3 is 2.63 bits per heavy atom. The maximum Gasteiger partial charge on any atom is 0.337 e. The Morgan fingerprint density at radius 2 is 1.96 bits per heavy atom. The molecule has 1 aliphatic rings. The van der Waals surface area contributed by atoms with Crippen LogP contribution in [0.4, 0.5) is 0 Å². The highest BCUT2D eigenvalue weighted by Crippen LogP contribution is 2.37. The zero-order chi connectivity index (χ0) is 19.3. The average molecular weight is 385 g/mol. The first-order valence-corrected chi connectivity index (χ1v) is 9.29. The van der Waals surface area contributed by atoms with Crippen molar-refractivity contribution in [2.24, 2.45) is 0 Å². The van der Waals surface area contributed by atoms with Gasteiger partial charge in [0.15, 0.2) is 0 Å². The van der Waals surface area contributed by atoms with Crippen LogP contribution in [0.15, 0.2) is 39.9 Å². The third-order valence-corrected chi connectivity index (χ3v) is 5.88. The summed E-state index contributed by atoms with van der Waals surface area (Å²) in [6.07, 6.45) is 0.510. The van der Waals surface area contributed by atoms with E-state index in [1.165, 1.54) is 11.3 Å². The van der Waals surface area contributed by atoms with Gasteiger partial charge in [0.25, 0.3) is 5.56 Å². The number of hydrogen-bond acceptors (Lipinski definition) is 6. The highest BCUT2D eigenvalue weighted by atomic mass is 32.1. The van der Waals surface area contributed by atoms with Crippen molar-refractivity contribution in [2.45, 2.75) is 39.0 Å². The van der Waals surface area contributed by atoms with Crippen LogP contribution in [0.3, 0.4) is 0 Å². The molecule has 0 saturated carbocycles. The fourth-order valence-electron chi connectivity index (χ4n) is 3.43. The van der Waals surface area contributed by atoms with Gasteiger partial charge in [-0.1, -0.05) is 18.2 Å². The summed E-state index contributed by atoms with van der Waals surface area (Å²) in [5.41, 5.74) is -0.353. The monoisotopic (exact) mass is 385 g/mol. The third-order valence-electron chi connectivity index (χ3n) is 4.65. The molecule has 0 amide bonds. The first kappa shape index (κ1) is 17.7. The van der Waals surface area contributed by atoms with Gasteiger partial charge in [0.2, 0.25) is 0 Å². The summed E-state index contributed by atoms with van der Waals surface area (Å²) in [6.45, 7) is 3.58. The molecule has 3 aromatic rings. The topological polar surface area (TPSA) is 93.4 Å². The minimum absolute atomic E-state index is 0.325. The molecule has 27 heavy (non-hydrogen) atoms. The number of aliphatic carboxylic acids is 1. The van der Waals surface area contributed by atoms with E-state index in [-0.39, 0.29) is 0 Å². The SMILES string of the molecule is CC1(C)Cc2c(sc3c2c(=O)n(-c2ccccc2)c(=O)n3CC(=O)[O-])CO1. The Kier molecular flexibility index (Phi) is 4.05. The fourth-order valence-corrected chi connectivity index (χ4v) is 4.64. The lowest BCUT2D eigenvalue weighted by Crippen LogP contribution is -2.42. The molecule has 4 rings (SSSR count). The van der Waals surface area contributed by atoms with E-state index in [0.717, 1.165) is 19.6 Å². The lowest BCUT2D eigenvalue weighted by Gasteiger charge is -2.29. The van der Waals surface area contributed by atoms with Gasteiger partial charge in [0.1, 0.15) is 4.83 Å². The van der Waals surface area contributed by atoms with Crippen molar-refractivity contribution in [1.29, 1.82) is 0 Å². The molecule has 0 saturated heterocycles. The molecule has 0 spiro atoms. The zero-order valence-corrected chi connectivity index (χ0v) is 15.7. The summed E-state index contributed by atoms with van der Waals surface area (Å²) in [5.74, 6) is -1.39. The van der Waals surface area contributed by atoms with Gasteiger partial charge in [-0.15, -0.1) is 11.3 Å². The third kappa shape index (κ3) is 2.90. The molecule has 0 bridgehead atoms. The number of nitrogens with zero attached hydrogens (tertiary/aromatic N) is 2. The smallest absolute Gasteiger partial charge is 0.337 e. The van der Waals surface area contributed by atoms with Crippen molar-refractivity contribution in [3.05, 3.63) is 61.6 Å². The van der Waals surface area contributed by atoms with Crippen molar-refractivity contribution in [3.8, 4) is 5.69 Å². The predicted molar refractivity (Wildman–Crippen MR) is 99.3 cm³/mol. The van der Waals surface area contributed by atoms with Gasteiger partial charge in [-0.25, -0.2) is 9.36 Å². The number of thiophene rings is 1. The summed E-state index contributed by atoms with van der Waals surface area (Å²) < 4.78 is 7.95. The normalized spacial score (nSPS) is 15.6. The number of hydrogen-bond donors (Lipinski definition) is 0. The van der Waals surface area contributed by atoms with E-state index < -0.39 is 29.4 Å². The zero-order valence-electron chi connectivity index (χ0n) is 14.9. The van der Waals surface area contributed by atoms with Crippen LogP contribution in [0.5, 0.6) is 0 Å². The summed E-state index contributed by atoms with van der Waals surface area (Å²) in [6, 6.07) is 8.50. The van der Waals surface area contributed by atoms with Crippen LogP contribution >= 0.6 is 11.3 Å². The van der Waals surface area contributed by atoms with Crippen molar-refractivity contribution < 1.29 is 14.6 Å². The van der Waals surface area contributed by atoms with Gasteiger partial charge in [0.05, 0.1) is 35.8 Å². The quantitative estimate of drug-likeness (QED) is 0.665. The van der Waals surface area contributed by atoms with Crippen molar-refractivity contribution in [2.75, 3.05) is 0 Å². The minimum atomic E-state index is -1.39. The molecule has 140 valence electrons. The molecule has 0 atom stereocenters. The molecule has 1 aliphatic heterocycles. The van der Waals surface area contributed by atoms with Gasteiger partial charge < -0.3 is 14.6 Å². The Hall–Kier alpha value is -2.71. The minimum Gasteiger partial charge on any atom is -0.548 e. The lowest BCUT2D eigenvalue weighted by atomic mass is 9.94. The van der Waals surface area contributed by atoms with Gasteiger partial charge in [-0.3, -0.25) is 9.36 Å². The van der Waals surface area contributed by atoms with E-state index in [2.05, 4.69) is 0 Å². The summed E-state index contributed by atoms with van der Waals surface area (Å²) in [4.78, 5) is 38.7. The van der Waals surface area contributed by atoms with Gasteiger partial charge in [-0.05, 0) is 31.5 Å². The molecule has 2 aromatic heterocycles. The molecule has 0 N–H and O–H groups in total. The number of benzene rings is 1. The standard InChI is InChI=1S/C19H18N2O5S/c1-19(2)8-12-13(10-26-19)27-17-15(12)16(24)21(11-6-4-3-5-7-11)18(25)20(17)9-14(22)23/h3-7H,8-10H2,1-2H3,(H,22,23)/p-1. The Labute approximate surface area is 158 Å². The molecular formula is C19H17N2O5S-. The number of carbonyl (C=O) groups is 1. The summed E-state index contributed by atoms with van der Waals surface area (Å²) >= 11 is 1.23. The second kappa shape index (κ2) is 6.17. The Balaban J connectivity index is 2.12. The highest BCUT2D eigenvalue weighted by molar-refractivity contribution is 7.18. The molecular weight excluding hydrogens is 368 g/mol. The number of rotatable bonds is 3.